The fourth-order valence-electron chi connectivity index (χ4n) is 1.81. The Hall–Kier alpha value is -2.55. The van der Waals surface area contributed by atoms with Crippen LogP contribution in [0.1, 0.15) is 10.4 Å². The molecule has 0 heterocycles. The highest BCUT2D eigenvalue weighted by Crippen LogP contribution is 2.28. The zero-order valence-corrected chi connectivity index (χ0v) is 12.1. The normalized spacial score (nSPS) is 12.0. The van der Waals surface area contributed by atoms with Gasteiger partial charge in [0.25, 0.3) is 0 Å². The number of anilines is 1. The van der Waals surface area contributed by atoms with Gasteiger partial charge in [0.2, 0.25) is 0 Å². The number of hydrogen-bond donors (Lipinski definition) is 2. The number of sulfonamides is 1. The topological polar surface area (TPSA) is 83.5 Å². The molecule has 0 spiro atoms. The quantitative estimate of drug-likeness (QED) is 0.890. The predicted molar refractivity (Wildman–Crippen MR) is 77.4 cm³/mol. The maximum atomic E-state index is 12.4. The molecule has 0 bridgehead atoms. The Balaban J connectivity index is 2.38. The van der Waals surface area contributed by atoms with E-state index in [-0.39, 0.29) is 11.3 Å². The van der Waals surface area contributed by atoms with Gasteiger partial charge in [-0.2, -0.15) is 21.6 Å². The van der Waals surface area contributed by atoms with Gasteiger partial charge in [-0.25, -0.2) is 4.79 Å². The van der Waals surface area contributed by atoms with Crippen LogP contribution < -0.4 is 4.72 Å². The molecular weight excluding hydrogens is 335 g/mol. The summed E-state index contributed by atoms with van der Waals surface area (Å²) < 4.78 is 60.7. The molecule has 2 N–H and O–H groups in total. The lowest BCUT2D eigenvalue weighted by molar-refractivity contribution is -0.0429. The summed E-state index contributed by atoms with van der Waals surface area (Å²) in [5.74, 6) is -1.15. The zero-order chi connectivity index (χ0) is 17.3. The lowest BCUT2D eigenvalue weighted by atomic mass is 10.0. The third kappa shape index (κ3) is 3.81. The molecule has 5 nitrogen and oxygen atoms in total. The summed E-state index contributed by atoms with van der Waals surface area (Å²) in [6.07, 6.45) is 0. The first kappa shape index (κ1) is 16.8. The molecule has 0 fully saturated rings. The molecule has 23 heavy (non-hydrogen) atoms. The molecule has 0 radical (unpaired) electrons. The average molecular weight is 345 g/mol. The van der Waals surface area contributed by atoms with Crippen molar-refractivity contribution in [3.63, 3.8) is 0 Å². The van der Waals surface area contributed by atoms with Crippen LogP contribution in [0.4, 0.5) is 18.9 Å². The number of carbonyl (C=O) groups is 1. The number of alkyl halides is 3. The van der Waals surface area contributed by atoms with E-state index in [1.54, 1.807) is 6.07 Å². The number of carboxylic acids is 1. The fourth-order valence-corrected chi connectivity index (χ4v) is 2.36. The van der Waals surface area contributed by atoms with Crippen LogP contribution in [-0.4, -0.2) is 25.0 Å². The summed E-state index contributed by atoms with van der Waals surface area (Å²) in [6, 6.07) is 11.0. The highest BCUT2D eigenvalue weighted by atomic mass is 32.2. The highest BCUT2D eigenvalue weighted by Gasteiger charge is 2.46. The Morgan fingerprint density at radius 2 is 1.57 bits per heavy atom. The van der Waals surface area contributed by atoms with Crippen LogP contribution in [0, 0.1) is 0 Å². The second kappa shape index (κ2) is 5.92. The van der Waals surface area contributed by atoms with Crippen LogP contribution in [0.5, 0.6) is 0 Å². The zero-order valence-electron chi connectivity index (χ0n) is 11.3. The molecule has 0 saturated carbocycles. The number of hydrogen-bond acceptors (Lipinski definition) is 3. The third-order valence-corrected chi connectivity index (χ3v) is 3.98. The molecule has 2 aromatic carbocycles. The summed E-state index contributed by atoms with van der Waals surface area (Å²) >= 11 is 0. The molecule has 2 rings (SSSR count). The van der Waals surface area contributed by atoms with Crippen LogP contribution in [0.15, 0.2) is 48.5 Å². The number of benzene rings is 2. The van der Waals surface area contributed by atoms with Crippen molar-refractivity contribution in [1.29, 1.82) is 0 Å². The van der Waals surface area contributed by atoms with Crippen LogP contribution in [0.2, 0.25) is 0 Å². The first-order chi connectivity index (χ1) is 10.6. The van der Waals surface area contributed by atoms with Gasteiger partial charge in [-0.15, -0.1) is 0 Å². The van der Waals surface area contributed by atoms with Crippen molar-refractivity contribution in [3.8, 4) is 11.1 Å². The van der Waals surface area contributed by atoms with Gasteiger partial charge in [-0.3, -0.25) is 4.72 Å². The van der Waals surface area contributed by atoms with Crippen molar-refractivity contribution in [1.82, 2.24) is 0 Å². The van der Waals surface area contributed by atoms with E-state index in [1.807, 2.05) is 0 Å². The second-order valence-electron chi connectivity index (χ2n) is 4.52. The van der Waals surface area contributed by atoms with E-state index in [9.17, 15) is 26.4 Å². The van der Waals surface area contributed by atoms with Gasteiger partial charge in [-0.1, -0.05) is 24.3 Å². The van der Waals surface area contributed by atoms with E-state index in [4.69, 9.17) is 5.11 Å². The Labute approximate surface area is 129 Å². The smallest absolute Gasteiger partial charge is 0.478 e. The number of rotatable bonds is 4. The Morgan fingerprint density at radius 1 is 1.00 bits per heavy atom. The Bertz CT molecular complexity index is 847. The van der Waals surface area contributed by atoms with E-state index in [0.717, 1.165) is 6.07 Å². The van der Waals surface area contributed by atoms with E-state index in [1.165, 1.54) is 41.1 Å². The highest BCUT2D eigenvalue weighted by molar-refractivity contribution is 7.93. The predicted octanol–water partition coefficient (Wildman–Crippen LogP) is 3.31. The summed E-state index contributed by atoms with van der Waals surface area (Å²) in [5.41, 5.74) is -4.90. The Morgan fingerprint density at radius 3 is 2.13 bits per heavy atom. The van der Waals surface area contributed by atoms with Crippen molar-refractivity contribution in [2.24, 2.45) is 0 Å². The average Bonchev–Trinajstić information content (AvgIpc) is 2.46. The number of halogens is 3. The van der Waals surface area contributed by atoms with Gasteiger partial charge in [0.15, 0.2) is 0 Å². The van der Waals surface area contributed by atoms with Gasteiger partial charge < -0.3 is 5.11 Å². The number of nitrogens with one attached hydrogen (secondary N) is 1. The van der Waals surface area contributed by atoms with E-state index < -0.39 is 21.5 Å². The SMILES string of the molecule is O=C(O)c1cccc(-c2cccc(NS(=O)(=O)C(F)(F)F)c2)c1. The maximum absolute atomic E-state index is 12.4. The number of carboxylic acid groups (broad SMARTS) is 1. The van der Waals surface area contributed by atoms with E-state index in [0.29, 0.717) is 11.1 Å². The molecule has 0 aromatic heterocycles. The molecule has 0 atom stereocenters. The van der Waals surface area contributed by atoms with Crippen molar-refractivity contribution in [3.05, 3.63) is 54.1 Å². The summed E-state index contributed by atoms with van der Waals surface area (Å²) in [5, 5.41) is 8.94. The first-order valence-electron chi connectivity index (χ1n) is 6.13. The largest absolute Gasteiger partial charge is 0.516 e. The molecule has 0 saturated heterocycles. The lowest BCUT2D eigenvalue weighted by Gasteiger charge is -2.11. The van der Waals surface area contributed by atoms with Gasteiger partial charge in [-0.05, 0) is 35.4 Å². The molecule has 0 aliphatic rings. The van der Waals surface area contributed by atoms with Gasteiger partial charge in [0.05, 0.1) is 5.56 Å². The third-order valence-electron chi connectivity index (χ3n) is 2.86. The molecule has 0 aliphatic carbocycles. The van der Waals surface area contributed by atoms with Gasteiger partial charge in [0.1, 0.15) is 0 Å². The van der Waals surface area contributed by atoms with Crippen molar-refractivity contribution < 1.29 is 31.5 Å². The van der Waals surface area contributed by atoms with Gasteiger partial charge >= 0.3 is 21.5 Å². The van der Waals surface area contributed by atoms with Crippen molar-refractivity contribution in [2.75, 3.05) is 4.72 Å². The molecule has 0 amide bonds. The van der Waals surface area contributed by atoms with E-state index >= 15 is 0 Å². The second-order valence-corrected chi connectivity index (χ2v) is 6.19. The summed E-state index contributed by atoms with van der Waals surface area (Å²) in [6.45, 7) is 0. The molecule has 0 unspecified atom stereocenters. The first-order valence-corrected chi connectivity index (χ1v) is 7.61. The number of aromatic carboxylic acids is 1. The molecule has 0 aliphatic heterocycles. The minimum absolute atomic E-state index is 0.00350. The van der Waals surface area contributed by atoms with Crippen LogP contribution in [0.3, 0.4) is 0 Å². The minimum atomic E-state index is -5.52. The van der Waals surface area contributed by atoms with E-state index in [2.05, 4.69) is 0 Å². The summed E-state index contributed by atoms with van der Waals surface area (Å²) in [7, 11) is -5.52. The monoisotopic (exact) mass is 345 g/mol. The molecule has 122 valence electrons. The molecular formula is C14H10F3NO4S. The lowest BCUT2D eigenvalue weighted by Crippen LogP contribution is -2.29. The maximum Gasteiger partial charge on any atom is 0.516 e. The van der Waals surface area contributed by atoms with Gasteiger partial charge in [0, 0.05) is 5.69 Å². The van der Waals surface area contributed by atoms with Crippen molar-refractivity contribution in [2.45, 2.75) is 5.51 Å². The fraction of sp³-hybridized carbons (Fsp3) is 0.0714. The molecule has 2 aromatic rings. The standard InChI is InChI=1S/C14H10F3NO4S/c15-14(16,17)23(21,22)18-12-6-2-4-10(8-12)9-3-1-5-11(7-9)13(19)20/h1-8,18H,(H,19,20). The minimum Gasteiger partial charge on any atom is -0.478 e. The van der Waals surface area contributed by atoms with Crippen LogP contribution in [0.25, 0.3) is 11.1 Å². The van der Waals surface area contributed by atoms with Crippen molar-refractivity contribution >= 4 is 21.7 Å². The van der Waals surface area contributed by atoms with Crippen LogP contribution in [-0.2, 0) is 10.0 Å². The Kier molecular flexibility index (Phi) is 4.33. The summed E-state index contributed by atoms with van der Waals surface area (Å²) in [4.78, 5) is 10.9. The van der Waals surface area contributed by atoms with Crippen LogP contribution >= 0.6 is 0 Å². The molecule has 9 heteroatoms.